The third-order valence-electron chi connectivity index (χ3n) is 1.81. The molecule has 1 fully saturated rings. The molecule has 3 heteroatoms. The van der Waals surface area contributed by atoms with Gasteiger partial charge in [0.05, 0.1) is 18.8 Å². The standard InChI is InChI=1S/C7H11NO2/c1-7(5-8)3-2-6(4-9)10-7/h6,9H,2-4H2,1H3/t6-,7-/m0/s1. The Morgan fingerprint density at radius 2 is 2.60 bits per heavy atom. The highest BCUT2D eigenvalue weighted by Gasteiger charge is 2.35. The lowest BCUT2D eigenvalue weighted by molar-refractivity contribution is -0.0163. The first-order chi connectivity index (χ1) is 4.70. The summed E-state index contributed by atoms with van der Waals surface area (Å²) in [7, 11) is 0. The first-order valence-corrected chi connectivity index (χ1v) is 3.40. The van der Waals surface area contributed by atoms with E-state index in [0.717, 1.165) is 12.8 Å². The lowest BCUT2D eigenvalue weighted by atomic mass is 10.1. The molecule has 56 valence electrons. The van der Waals surface area contributed by atoms with Crippen LogP contribution in [0.2, 0.25) is 0 Å². The van der Waals surface area contributed by atoms with Gasteiger partial charge in [0.25, 0.3) is 0 Å². The summed E-state index contributed by atoms with van der Waals surface area (Å²) < 4.78 is 5.24. The van der Waals surface area contributed by atoms with Crippen LogP contribution in [0.5, 0.6) is 0 Å². The molecule has 10 heavy (non-hydrogen) atoms. The molecule has 0 amide bonds. The lowest BCUT2D eigenvalue weighted by Crippen LogP contribution is -2.23. The maximum absolute atomic E-state index is 8.66. The summed E-state index contributed by atoms with van der Waals surface area (Å²) in [4.78, 5) is 0. The molecule has 0 aromatic rings. The van der Waals surface area contributed by atoms with Gasteiger partial charge in [-0.05, 0) is 19.8 Å². The first-order valence-electron chi connectivity index (χ1n) is 3.40. The largest absolute Gasteiger partial charge is 0.394 e. The number of aliphatic hydroxyl groups excluding tert-OH is 1. The molecular weight excluding hydrogens is 130 g/mol. The van der Waals surface area contributed by atoms with Crippen LogP contribution in [0.1, 0.15) is 19.8 Å². The molecule has 0 aliphatic carbocycles. The molecule has 0 saturated carbocycles. The van der Waals surface area contributed by atoms with E-state index in [1.165, 1.54) is 0 Å². The first kappa shape index (κ1) is 7.52. The number of rotatable bonds is 1. The quantitative estimate of drug-likeness (QED) is 0.576. The molecule has 0 spiro atoms. The Morgan fingerprint density at radius 1 is 1.90 bits per heavy atom. The van der Waals surface area contributed by atoms with Gasteiger partial charge in [0.15, 0.2) is 5.60 Å². The molecule has 1 rings (SSSR count). The van der Waals surface area contributed by atoms with Gasteiger partial charge in [-0.1, -0.05) is 0 Å². The van der Waals surface area contributed by atoms with Crippen molar-refractivity contribution in [1.82, 2.24) is 0 Å². The fraction of sp³-hybridized carbons (Fsp3) is 0.857. The van der Waals surface area contributed by atoms with Crippen molar-refractivity contribution >= 4 is 0 Å². The highest BCUT2D eigenvalue weighted by atomic mass is 16.5. The van der Waals surface area contributed by atoms with Gasteiger partial charge in [-0.25, -0.2) is 0 Å². The van der Waals surface area contributed by atoms with Crippen LogP contribution in [-0.2, 0) is 4.74 Å². The molecular formula is C7H11NO2. The highest BCUT2D eigenvalue weighted by molar-refractivity contribution is 5.02. The minimum absolute atomic E-state index is 0.0251. The molecule has 2 atom stereocenters. The zero-order valence-corrected chi connectivity index (χ0v) is 6.00. The highest BCUT2D eigenvalue weighted by Crippen LogP contribution is 2.28. The molecule has 1 N–H and O–H groups in total. The molecule has 1 aliphatic rings. The zero-order valence-electron chi connectivity index (χ0n) is 6.00. The van der Waals surface area contributed by atoms with E-state index in [0.29, 0.717) is 0 Å². The van der Waals surface area contributed by atoms with Gasteiger partial charge in [0.1, 0.15) is 0 Å². The number of aliphatic hydroxyl groups is 1. The van der Waals surface area contributed by atoms with Crippen LogP contribution < -0.4 is 0 Å². The average molecular weight is 141 g/mol. The van der Waals surface area contributed by atoms with E-state index in [2.05, 4.69) is 6.07 Å². The summed E-state index contributed by atoms with van der Waals surface area (Å²) in [5.41, 5.74) is -0.645. The van der Waals surface area contributed by atoms with Crippen LogP contribution in [0.3, 0.4) is 0 Å². The molecule has 0 unspecified atom stereocenters. The van der Waals surface area contributed by atoms with E-state index in [1.807, 2.05) is 0 Å². The van der Waals surface area contributed by atoms with Crippen molar-refractivity contribution in [1.29, 1.82) is 5.26 Å². The van der Waals surface area contributed by atoms with Crippen LogP contribution in [0.15, 0.2) is 0 Å². The molecule has 1 aliphatic heterocycles. The van der Waals surface area contributed by atoms with Crippen molar-refractivity contribution in [3.8, 4) is 6.07 Å². The SMILES string of the molecule is C[C@@]1(C#N)CC[C@@H](CO)O1. The Bertz CT molecular complexity index is 163. The Morgan fingerprint density at radius 3 is 2.90 bits per heavy atom. The Kier molecular flexibility index (Phi) is 1.93. The fourth-order valence-electron chi connectivity index (χ4n) is 1.13. The normalized spacial score (nSPS) is 39.5. The van der Waals surface area contributed by atoms with Crippen LogP contribution >= 0.6 is 0 Å². The van der Waals surface area contributed by atoms with E-state index in [4.69, 9.17) is 15.1 Å². The molecule has 1 saturated heterocycles. The number of hydrogen-bond acceptors (Lipinski definition) is 3. The van der Waals surface area contributed by atoms with Crippen LogP contribution in [0, 0.1) is 11.3 Å². The molecule has 0 radical (unpaired) electrons. The van der Waals surface area contributed by atoms with Crippen molar-refractivity contribution in [3.05, 3.63) is 0 Å². The zero-order chi connectivity index (χ0) is 7.61. The van der Waals surface area contributed by atoms with Crippen molar-refractivity contribution in [2.24, 2.45) is 0 Å². The van der Waals surface area contributed by atoms with Gasteiger partial charge >= 0.3 is 0 Å². The van der Waals surface area contributed by atoms with E-state index in [1.54, 1.807) is 6.92 Å². The number of nitriles is 1. The second kappa shape index (κ2) is 2.57. The molecule has 1 heterocycles. The van der Waals surface area contributed by atoms with E-state index in [9.17, 15) is 0 Å². The lowest BCUT2D eigenvalue weighted by Gasteiger charge is -2.14. The number of ether oxygens (including phenoxy) is 1. The molecule has 0 aromatic heterocycles. The minimum atomic E-state index is -0.645. The monoisotopic (exact) mass is 141 g/mol. The second-order valence-electron chi connectivity index (χ2n) is 2.80. The summed E-state index contributed by atoms with van der Waals surface area (Å²) in [6, 6.07) is 2.07. The van der Waals surface area contributed by atoms with Gasteiger partial charge in [-0.3, -0.25) is 0 Å². The average Bonchev–Trinajstić information content (AvgIpc) is 2.33. The van der Waals surface area contributed by atoms with Gasteiger partial charge in [-0.2, -0.15) is 5.26 Å². The maximum Gasteiger partial charge on any atom is 0.152 e. The van der Waals surface area contributed by atoms with Crippen molar-refractivity contribution < 1.29 is 9.84 Å². The van der Waals surface area contributed by atoms with Gasteiger partial charge < -0.3 is 9.84 Å². The molecule has 0 aromatic carbocycles. The van der Waals surface area contributed by atoms with E-state index in [-0.39, 0.29) is 12.7 Å². The Balaban J connectivity index is 2.51. The Labute approximate surface area is 60.2 Å². The predicted molar refractivity (Wildman–Crippen MR) is 35.2 cm³/mol. The molecule has 0 bridgehead atoms. The summed E-state index contributed by atoms with van der Waals surface area (Å²) >= 11 is 0. The van der Waals surface area contributed by atoms with Gasteiger partial charge in [-0.15, -0.1) is 0 Å². The van der Waals surface area contributed by atoms with Crippen LogP contribution in [-0.4, -0.2) is 23.4 Å². The summed E-state index contributed by atoms with van der Waals surface area (Å²) in [5.74, 6) is 0. The van der Waals surface area contributed by atoms with Crippen molar-refractivity contribution in [2.75, 3.05) is 6.61 Å². The topological polar surface area (TPSA) is 53.2 Å². The third kappa shape index (κ3) is 1.28. The predicted octanol–water partition coefficient (Wildman–Crippen LogP) is 0.440. The second-order valence-corrected chi connectivity index (χ2v) is 2.80. The van der Waals surface area contributed by atoms with Crippen molar-refractivity contribution in [2.45, 2.75) is 31.5 Å². The minimum Gasteiger partial charge on any atom is -0.394 e. The smallest absolute Gasteiger partial charge is 0.152 e. The third-order valence-corrected chi connectivity index (χ3v) is 1.81. The molecule has 3 nitrogen and oxygen atoms in total. The summed E-state index contributed by atoms with van der Waals surface area (Å²) in [5, 5.41) is 17.2. The fourth-order valence-corrected chi connectivity index (χ4v) is 1.13. The van der Waals surface area contributed by atoms with E-state index < -0.39 is 5.60 Å². The van der Waals surface area contributed by atoms with Gasteiger partial charge in [0.2, 0.25) is 0 Å². The number of nitrogens with zero attached hydrogens (tertiary/aromatic N) is 1. The van der Waals surface area contributed by atoms with Crippen molar-refractivity contribution in [3.63, 3.8) is 0 Å². The van der Waals surface area contributed by atoms with Gasteiger partial charge in [0, 0.05) is 0 Å². The summed E-state index contributed by atoms with van der Waals surface area (Å²) in [6.45, 7) is 1.78. The Hall–Kier alpha value is -0.590. The summed E-state index contributed by atoms with van der Waals surface area (Å²) in [6.07, 6.45) is 1.40. The van der Waals surface area contributed by atoms with E-state index >= 15 is 0 Å². The number of hydrogen-bond donors (Lipinski definition) is 1. The van der Waals surface area contributed by atoms with Crippen LogP contribution in [0.25, 0.3) is 0 Å². The van der Waals surface area contributed by atoms with Crippen LogP contribution in [0.4, 0.5) is 0 Å². The maximum atomic E-state index is 8.66.